The Hall–Kier alpha value is -0.150. The molecule has 0 aliphatic carbocycles. The summed E-state index contributed by atoms with van der Waals surface area (Å²) in [5, 5.41) is 0. The Bertz CT molecular complexity index is 68.8. The lowest BCUT2D eigenvalue weighted by Gasteiger charge is -2.21. The Morgan fingerprint density at radius 1 is 1.62 bits per heavy atom. The zero-order valence-electron chi connectivity index (χ0n) is 4.64. The summed E-state index contributed by atoms with van der Waals surface area (Å²) in [6.07, 6.45) is -0.287. The predicted octanol–water partition coefficient (Wildman–Crippen LogP) is 0.0721. The van der Waals surface area contributed by atoms with Gasteiger partial charge in [0.1, 0.15) is 6.17 Å². The number of halogens is 1. The van der Waals surface area contributed by atoms with Crippen molar-refractivity contribution in [2.24, 2.45) is 5.73 Å². The van der Waals surface area contributed by atoms with E-state index in [0.29, 0.717) is 13.0 Å². The van der Waals surface area contributed by atoms with Crippen LogP contribution in [0.25, 0.3) is 0 Å². The first-order valence-electron chi connectivity index (χ1n) is 2.78. The Morgan fingerprint density at radius 3 is 2.75 bits per heavy atom. The maximum Gasteiger partial charge on any atom is 0.138 e. The highest BCUT2D eigenvalue weighted by Crippen LogP contribution is 2.07. The van der Waals surface area contributed by atoms with Crippen molar-refractivity contribution in [3.05, 3.63) is 0 Å². The van der Waals surface area contributed by atoms with Crippen LogP contribution in [0.1, 0.15) is 6.42 Å². The molecule has 2 N–H and O–H groups in total. The fraction of sp³-hybridized carbons (Fsp3) is 1.00. The van der Waals surface area contributed by atoms with Crippen molar-refractivity contribution in [2.75, 3.05) is 13.2 Å². The third kappa shape index (κ3) is 1.17. The SMILES string of the molecule is N[C@@H]1CCOC[C@@H]1F. The van der Waals surface area contributed by atoms with Crippen LogP contribution in [0.2, 0.25) is 0 Å². The lowest BCUT2D eigenvalue weighted by Crippen LogP contribution is -2.39. The highest BCUT2D eigenvalue weighted by molar-refractivity contribution is 4.74. The number of nitrogens with two attached hydrogens (primary N) is 1. The third-order valence-electron chi connectivity index (χ3n) is 1.34. The van der Waals surface area contributed by atoms with Crippen LogP contribution >= 0.6 is 0 Å². The quantitative estimate of drug-likeness (QED) is 0.490. The summed E-state index contributed by atoms with van der Waals surface area (Å²) < 4.78 is 17.1. The van der Waals surface area contributed by atoms with Crippen LogP contribution in [0.15, 0.2) is 0 Å². The summed E-state index contributed by atoms with van der Waals surface area (Å²) in [7, 11) is 0. The molecular formula is C5H10FNO. The number of ether oxygens (including phenoxy) is 1. The molecule has 48 valence electrons. The van der Waals surface area contributed by atoms with Crippen LogP contribution in [0.4, 0.5) is 4.39 Å². The second-order valence-corrected chi connectivity index (χ2v) is 2.04. The molecule has 8 heavy (non-hydrogen) atoms. The van der Waals surface area contributed by atoms with Crippen LogP contribution in [-0.2, 0) is 4.74 Å². The molecule has 0 aromatic carbocycles. The minimum absolute atomic E-state index is 0.182. The van der Waals surface area contributed by atoms with Crippen LogP contribution in [0.5, 0.6) is 0 Å². The molecule has 0 radical (unpaired) electrons. The third-order valence-corrected chi connectivity index (χ3v) is 1.34. The van der Waals surface area contributed by atoms with Crippen molar-refractivity contribution < 1.29 is 9.13 Å². The zero-order chi connectivity index (χ0) is 5.98. The van der Waals surface area contributed by atoms with Gasteiger partial charge in [-0.3, -0.25) is 0 Å². The molecule has 2 atom stereocenters. The van der Waals surface area contributed by atoms with E-state index >= 15 is 0 Å². The fourth-order valence-electron chi connectivity index (χ4n) is 0.720. The van der Waals surface area contributed by atoms with E-state index in [1.165, 1.54) is 0 Å². The highest BCUT2D eigenvalue weighted by atomic mass is 19.1. The summed E-state index contributed by atoms with van der Waals surface area (Å²) >= 11 is 0. The van der Waals surface area contributed by atoms with E-state index in [0.717, 1.165) is 0 Å². The number of hydrogen-bond acceptors (Lipinski definition) is 2. The van der Waals surface area contributed by atoms with Gasteiger partial charge in [-0.25, -0.2) is 4.39 Å². The molecule has 0 amide bonds. The van der Waals surface area contributed by atoms with Gasteiger partial charge in [0.05, 0.1) is 6.61 Å². The summed E-state index contributed by atoms with van der Waals surface area (Å²) in [6.45, 7) is 0.794. The van der Waals surface area contributed by atoms with E-state index < -0.39 is 6.17 Å². The van der Waals surface area contributed by atoms with E-state index in [-0.39, 0.29) is 12.6 Å². The topological polar surface area (TPSA) is 35.2 Å². The van der Waals surface area contributed by atoms with Gasteiger partial charge in [-0.15, -0.1) is 0 Å². The van der Waals surface area contributed by atoms with Gasteiger partial charge in [0.2, 0.25) is 0 Å². The van der Waals surface area contributed by atoms with Crippen molar-refractivity contribution in [1.29, 1.82) is 0 Å². The number of rotatable bonds is 0. The van der Waals surface area contributed by atoms with Gasteiger partial charge >= 0.3 is 0 Å². The highest BCUT2D eigenvalue weighted by Gasteiger charge is 2.20. The van der Waals surface area contributed by atoms with Crippen molar-refractivity contribution >= 4 is 0 Å². The molecular weight excluding hydrogens is 109 g/mol. The van der Waals surface area contributed by atoms with Gasteiger partial charge in [-0.05, 0) is 6.42 Å². The summed E-state index contributed by atoms with van der Waals surface area (Å²) in [5.74, 6) is 0. The van der Waals surface area contributed by atoms with Crippen LogP contribution in [0, 0.1) is 0 Å². The fourth-order valence-corrected chi connectivity index (χ4v) is 0.720. The zero-order valence-corrected chi connectivity index (χ0v) is 4.64. The standard InChI is InChI=1S/C5H10FNO/c6-4-3-8-2-1-5(4)7/h4-5H,1-3,7H2/t4-,5+/m0/s1. The van der Waals surface area contributed by atoms with E-state index in [4.69, 9.17) is 10.5 Å². The monoisotopic (exact) mass is 119 g/mol. The molecule has 2 nitrogen and oxygen atoms in total. The molecule has 0 bridgehead atoms. The first-order chi connectivity index (χ1) is 3.80. The van der Waals surface area contributed by atoms with E-state index in [1.807, 2.05) is 0 Å². The first kappa shape index (κ1) is 5.98. The van der Waals surface area contributed by atoms with Gasteiger partial charge in [-0.2, -0.15) is 0 Å². The summed E-state index contributed by atoms with van der Waals surface area (Å²) in [4.78, 5) is 0. The molecule has 1 heterocycles. The predicted molar refractivity (Wildman–Crippen MR) is 28.3 cm³/mol. The molecule has 0 aromatic heterocycles. The lowest BCUT2D eigenvalue weighted by molar-refractivity contribution is 0.0238. The average Bonchev–Trinajstić information content (AvgIpc) is 1.77. The van der Waals surface area contributed by atoms with Gasteiger partial charge < -0.3 is 10.5 Å². The van der Waals surface area contributed by atoms with Gasteiger partial charge in [0.25, 0.3) is 0 Å². The van der Waals surface area contributed by atoms with E-state index in [1.54, 1.807) is 0 Å². The van der Waals surface area contributed by atoms with Crippen molar-refractivity contribution in [1.82, 2.24) is 0 Å². The van der Waals surface area contributed by atoms with Gasteiger partial charge in [-0.1, -0.05) is 0 Å². The molecule has 0 unspecified atom stereocenters. The second-order valence-electron chi connectivity index (χ2n) is 2.04. The maximum atomic E-state index is 12.3. The molecule has 1 rings (SSSR count). The Balaban J connectivity index is 2.28. The molecule has 0 spiro atoms. The minimum atomic E-state index is -0.941. The Morgan fingerprint density at radius 2 is 2.38 bits per heavy atom. The minimum Gasteiger partial charge on any atom is -0.378 e. The first-order valence-corrected chi connectivity index (χ1v) is 2.78. The lowest BCUT2D eigenvalue weighted by atomic mass is 10.1. The molecule has 1 fully saturated rings. The average molecular weight is 119 g/mol. The van der Waals surface area contributed by atoms with E-state index in [2.05, 4.69) is 0 Å². The molecule has 3 heteroatoms. The van der Waals surface area contributed by atoms with E-state index in [9.17, 15) is 4.39 Å². The maximum absolute atomic E-state index is 12.3. The van der Waals surface area contributed by atoms with Crippen molar-refractivity contribution in [3.8, 4) is 0 Å². The number of alkyl halides is 1. The van der Waals surface area contributed by atoms with Crippen LogP contribution in [0.3, 0.4) is 0 Å². The largest absolute Gasteiger partial charge is 0.378 e. The smallest absolute Gasteiger partial charge is 0.138 e. The van der Waals surface area contributed by atoms with Crippen LogP contribution in [-0.4, -0.2) is 25.4 Å². The molecule has 1 aliphatic rings. The Kier molecular flexibility index (Phi) is 1.81. The van der Waals surface area contributed by atoms with Crippen molar-refractivity contribution in [3.63, 3.8) is 0 Å². The van der Waals surface area contributed by atoms with Gasteiger partial charge in [0, 0.05) is 12.6 Å². The number of hydrogen-bond donors (Lipinski definition) is 1. The normalized spacial score (nSPS) is 39.8. The summed E-state index contributed by atoms with van der Waals surface area (Å²) in [6, 6.07) is -0.288. The van der Waals surface area contributed by atoms with Crippen molar-refractivity contribution in [2.45, 2.75) is 18.6 Å². The second kappa shape index (κ2) is 2.42. The molecule has 0 aromatic rings. The van der Waals surface area contributed by atoms with Gasteiger partial charge in [0.15, 0.2) is 0 Å². The molecule has 1 saturated heterocycles. The molecule has 0 saturated carbocycles. The molecule has 1 aliphatic heterocycles. The summed E-state index contributed by atoms with van der Waals surface area (Å²) in [5.41, 5.74) is 5.32. The Labute approximate surface area is 47.8 Å². The van der Waals surface area contributed by atoms with Crippen LogP contribution < -0.4 is 5.73 Å².